The molecule has 1 nitrogen and oxygen atoms in total. The van der Waals surface area contributed by atoms with E-state index in [-0.39, 0.29) is 5.60 Å². The highest BCUT2D eigenvalue weighted by Gasteiger charge is 2.60. The fourth-order valence-corrected chi connectivity index (χ4v) is 2.26. The van der Waals surface area contributed by atoms with Gasteiger partial charge in [0, 0.05) is 12.3 Å². The molecule has 1 heterocycles. The molecule has 2 atom stereocenters. The number of allylic oxidation sites excluding steroid dienone is 2. The third-order valence-electron chi connectivity index (χ3n) is 3.14. The summed E-state index contributed by atoms with van der Waals surface area (Å²) in [4.78, 5) is 0. The molecule has 0 bridgehead atoms. The van der Waals surface area contributed by atoms with Crippen LogP contribution in [0.15, 0.2) is 35.6 Å². The molecule has 14 heavy (non-hydrogen) atoms. The van der Waals surface area contributed by atoms with Crippen LogP contribution in [0.1, 0.15) is 33.6 Å². The highest BCUT2D eigenvalue weighted by molar-refractivity contribution is 5.51. The highest BCUT2D eigenvalue weighted by Crippen LogP contribution is 2.58. The quantitative estimate of drug-likeness (QED) is 0.614. The van der Waals surface area contributed by atoms with Gasteiger partial charge in [-0.3, -0.25) is 0 Å². The van der Waals surface area contributed by atoms with E-state index < -0.39 is 0 Å². The van der Waals surface area contributed by atoms with Gasteiger partial charge in [0.05, 0.1) is 6.26 Å². The van der Waals surface area contributed by atoms with Crippen molar-refractivity contribution in [3.8, 4) is 0 Å². The molecular weight excluding hydrogens is 172 g/mol. The summed E-state index contributed by atoms with van der Waals surface area (Å²) >= 11 is 0. The zero-order valence-corrected chi connectivity index (χ0v) is 9.21. The van der Waals surface area contributed by atoms with Gasteiger partial charge in [-0.1, -0.05) is 38.5 Å². The molecule has 3 aliphatic rings. The van der Waals surface area contributed by atoms with E-state index in [1.165, 1.54) is 17.6 Å². The van der Waals surface area contributed by atoms with Crippen LogP contribution in [0.25, 0.3) is 0 Å². The predicted molar refractivity (Wildman–Crippen MR) is 58.9 cm³/mol. The number of ether oxygens (including phenoxy) is 1. The van der Waals surface area contributed by atoms with Gasteiger partial charge in [0.25, 0.3) is 0 Å². The van der Waals surface area contributed by atoms with Gasteiger partial charge in [0.2, 0.25) is 0 Å². The van der Waals surface area contributed by atoms with Crippen LogP contribution in [0, 0.1) is 5.92 Å². The van der Waals surface area contributed by atoms with Crippen LogP contribution in [0.4, 0.5) is 0 Å². The first-order chi connectivity index (χ1) is 6.85. The van der Waals surface area contributed by atoms with E-state index in [0.29, 0.717) is 5.92 Å². The first kappa shape index (κ1) is 9.57. The molecular formula is C13H18O. The molecule has 3 rings (SSSR count). The molecule has 1 saturated carbocycles. The van der Waals surface area contributed by atoms with Crippen molar-refractivity contribution >= 4 is 0 Å². The van der Waals surface area contributed by atoms with Gasteiger partial charge in [-0.25, -0.2) is 0 Å². The summed E-state index contributed by atoms with van der Waals surface area (Å²) < 4.78 is 5.62. The summed E-state index contributed by atoms with van der Waals surface area (Å²) in [6.07, 6.45) is 10.9. The van der Waals surface area contributed by atoms with Crippen molar-refractivity contribution in [3.05, 3.63) is 35.6 Å². The largest absolute Gasteiger partial charge is 0.490 e. The average Bonchev–Trinajstić information content (AvgIpc) is 2.81. The minimum atomic E-state index is 0.110. The van der Waals surface area contributed by atoms with Gasteiger partial charge in [0.15, 0.2) is 0 Å². The van der Waals surface area contributed by atoms with Crippen molar-refractivity contribution in [2.75, 3.05) is 0 Å². The van der Waals surface area contributed by atoms with Gasteiger partial charge >= 0.3 is 0 Å². The summed E-state index contributed by atoms with van der Waals surface area (Å²) in [5.74, 6) is 0.669. The fraction of sp³-hybridized carbons (Fsp3) is 0.538. The van der Waals surface area contributed by atoms with Crippen molar-refractivity contribution in [1.29, 1.82) is 0 Å². The Balaban J connectivity index is 0.000000354. The molecule has 1 fully saturated rings. The molecule has 0 aromatic heterocycles. The van der Waals surface area contributed by atoms with E-state index >= 15 is 0 Å². The molecule has 0 N–H and O–H groups in total. The smallest absolute Gasteiger partial charge is 0.140 e. The molecule has 2 unspecified atom stereocenters. The Morgan fingerprint density at radius 2 is 2.29 bits per heavy atom. The normalized spacial score (nSPS) is 35.5. The first-order valence-corrected chi connectivity index (χ1v) is 5.62. The lowest BCUT2D eigenvalue weighted by Crippen LogP contribution is -2.14. The molecule has 1 aliphatic heterocycles. The minimum absolute atomic E-state index is 0.110. The molecule has 1 heteroatoms. The monoisotopic (exact) mass is 190 g/mol. The third-order valence-corrected chi connectivity index (χ3v) is 3.14. The van der Waals surface area contributed by atoms with Crippen molar-refractivity contribution in [2.45, 2.75) is 39.2 Å². The van der Waals surface area contributed by atoms with Gasteiger partial charge in [-0.05, 0) is 18.1 Å². The second-order valence-corrected chi connectivity index (χ2v) is 3.82. The summed E-state index contributed by atoms with van der Waals surface area (Å²) in [5.41, 5.74) is 2.98. The summed E-state index contributed by atoms with van der Waals surface area (Å²) in [7, 11) is 0. The summed E-state index contributed by atoms with van der Waals surface area (Å²) in [5, 5.41) is 0. The summed E-state index contributed by atoms with van der Waals surface area (Å²) in [6.45, 7) is 6.21. The van der Waals surface area contributed by atoms with E-state index in [9.17, 15) is 0 Å². The van der Waals surface area contributed by atoms with Crippen molar-refractivity contribution in [3.63, 3.8) is 0 Å². The van der Waals surface area contributed by atoms with E-state index in [1.807, 2.05) is 20.1 Å². The second kappa shape index (κ2) is 3.30. The Kier molecular flexibility index (Phi) is 2.26. The molecule has 0 amide bonds. The van der Waals surface area contributed by atoms with Crippen LogP contribution < -0.4 is 0 Å². The molecule has 1 spiro atoms. The molecule has 0 aromatic carbocycles. The molecule has 0 radical (unpaired) electrons. The van der Waals surface area contributed by atoms with Crippen molar-refractivity contribution in [2.24, 2.45) is 5.92 Å². The van der Waals surface area contributed by atoms with Gasteiger partial charge in [-0.2, -0.15) is 0 Å². The Labute approximate surface area is 86.2 Å². The molecule has 76 valence electrons. The SMILES string of the molecule is CC.CCC1=CC2CC23OC=CC3=C1. The lowest BCUT2D eigenvalue weighted by Gasteiger charge is -2.16. The van der Waals surface area contributed by atoms with Crippen molar-refractivity contribution in [1.82, 2.24) is 0 Å². The topological polar surface area (TPSA) is 9.23 Å². The molecule has 2 aliphatic carbocycles. The van der Waals surface area contributed by atoms with Crippen LogP contribution in [-0.4, -0.2) is 5.60 Å². The first-order valence-electron chi connectivity index (χ1n) is 5.62. The number of hydrogen-bond acceptors (Lipinski definition) is 1. The van der Waals surface area contributed by atoms with Gasteiger partial charge < -0.3 is 4.74 Å². The van der Waals surface area contributed by atoms with E-state index in [2.05, 4.69) is 25.2 Å². The molecule has 0 saturated heterocycles. The molecule has 0 aromatic rings. The maximum absolute atomic E-state index is 5.62. The number of rotatable bonds is 1. The lowest BCUT2D eigenvalue weighted by molar-refractivity contribution is 0.165. The summed E-state index contributed by atoms with van der Waals surface area (Å²) in [6, 6.07) is 0. The minimum Gasteiger partial charge on any atom is -0.490 e. The Bertz CT molecular complexity index is 322. The predicted octanol–water partition coefficient (Wildman–Crippen LogP) is 3.59. The van der Waals surface area contributed by atoms with E-state index in [4.69, 9.17) is 4.74 Å². The van der Waals surface area contributed by atoms with E-state index in [1.54, 1.807) is 0 Å². The zero-order chi connectivity index (χ0) is 10.2. The van der Waals surface area contributed by atoms with Crippen LogP contribution in [-0.2, 0) is 4.74 Å². The van der Waals surface area contributed by atoms with Crippen LogP contribution in [0.2, 0.25) is 0 Å². The van der Waals surface area contributed by atoms with Crippen LogP contribution >= 0.6 is 0 Å². The average molecular weight is 190 g/mol. The zero-order valence-electron chi connectivity index (χ0n) is 9.21. The third kappa shape index (κ3) is 1.15. The standard InChI is InChI=1S/C11H12O.C2H6/c1-2-8-5-9-3-4-12-11(9)7-10(11)6-8;1-2/h3-6,10H,2,7H2,1H3;1-2H3. The maximum atomic E-state index is 5.62. The van der Waals surface area contributed by atoms with E-state index in [0.717, 1.165) is 6.42 Å². The highest BCUT2D eigenvalue weighted by atomic mass is 16.5. The van der Waals surface area contributed by atoms with Crippen LogP contribution in [0.3, 0.4) is 0 Å². The maximum Gasteiger partial charge on any atom is 0.140 e. The Hall–Kier alpha value is -0.980. The van der Waals surface area contributed by atoms with Crippen molar-refractivity contribution < 1.29 is 4.74 Å². The van der Waals surface area contributed by atoms with Crippen LogP contribution in [0.5, 0.6) is 0 Å². The van der Waals surface area contributed by atoms with Gasteiger partial charge in [0.1, 0.15) is 5.60 Å². The van der Waals surface area contributed by atoms with Gasteiger partial charge in [-0.15, -0.1) is 0 Å². The lowest BCUT2D eigenvalue weighted by atomic mass is 9.96. The Morgan fingerprint density at radius 1 is 1.50 bits per heavy atom. The fourth-order valence-electron chi connectivity index (χ4n) is 2.26. The number of hydrogen-bond donors (Lipinski definition) is 0. The Morgan fingerprint density at radius 3 is 3.00 bits per heavy atom. The second-order valence-electron chi connectivity index (χ2n) is 3.82.